The molecule has 0 N–H and O–H groups in total. The Balaban J connectivity index is 1.40. The van der Waals surface area contributed by atoms with E-state index in [9.17, 15) is 9.59 Å². The van der Waals surface area contributed by atoms with E-state index in [4.69, 9.17) is 4.74 Å². The van der Waals surface area contributed by atoms with Gasteiger partial charge in [-0.2, -0.15) is 0 Å². The van der Waals surface area contributed by atoms with E-state index in [0.717, 1.165) is 37.8 Å². The summed E-state index contributed by atoms with van der Waals surface area (Å²) in [6, 6.07) is 8.15. The van der Waals surface area contributed by atoms with E-state index in [1.807, 2.05) is 17.0 Å². The van der Waals surface area contributed by atoms with Gasteiger partial charge in [-0.25, -0.2) is 4.79 Å². The molecule has 28 heavy (non-hydrogen) atoms. The van der Waals surface area contributed by atoms with Crippen LogP contribution in [0.3, 0.4) is 0 Å². The summed E-state index contributed by atoms with van der Waals surface area (Å²) >= 11 is 0. The van der Waals surface area contributed by atoms with Crippen molar-refractivity contribution in [2.45, 2.75) is 51.0 Å². The fraction of sp³-hybridized carbons (Fsp3) is 0.636. The lowest BCUT2D eigenvalue weighted by Crippen LogP contribution is -2.52. The summed E-state index contributed by atoms with van der Waals surface area (Å²) in [5.41, 5.74) is 1.08. The minimum Gasteiger partial charge on any atom is -0.410 e. The number of hydrogen-bond acceptors (Lipinski definition) is 4. The first-order valence-corrected chi connectivity index (χ1v) is 10.5. The number of benzene rings is 1. The zero-order chi connectivity index (χ0) is 19.9. The second kappa shape index (κ2) is 9.92. The Morgan fingerprint density at radius 1 is 1.00 bits per heavy atom. The van der Waals surface area contributed by atoms with Crippen LogP contribution in [-0.2, 0) is 11.2 Å². The lowest BCUT2D eigenvalue weighted by molar-refractivity contribution is -0.133. The first-order valence-electron chi connectivity index (χ1n) is 10.5. The Bertz CT molecular complexity index is 645. The molecule has 1 aliphatic heterocycles. The molecule has 2 fully saturated rings. The summed E-state index contributed by atoms with van der Waals surface area (Å²) in [6.45, 7) is 3.74. The molecule has 0 bridgehead atoms. The minimum atomic E-state index is -0.393. The smallest absolute Gasteiger partial charge is 0.410 e. The largest absolute Gasteiger partial charge is 0.414 e. The molecule has 0 aromatic heterocycles. The van der Waals surface area contributed by atoms with Crippen LogP contribution in [-0.4, -0.2) is 73.0 Å². The summed E-state index contributed by atoms with van der Waals surface area (Å²) in [7, 11) is 3.30. The van der Waals surface area contributed by atoms with Crippen molar-refractivity contribution in [2.75, 3.05) is 40.3 Å². The average molecular weight is 388 g/mol. The molecule has 0 spiro atoms. The highest BCUT2D eigenvalue weighted by Crippen LogP contribution is 2.23. The lowest BCUT2D eigenvalue weighted by atomic mass is 9.94. The van der Waals surface area contributed by atoms with Crippen LogP contribution in [0, 0.1) is 0 Å². The molecule has 1 aromatic rings. The van der Waals surface area contributed by atoms with Crippen molar-refractivity contribution in [1.29, 1.82) is 0 Å². The molecule has 0 unspecified atom stereocenters. The van der Waals surface area contributed by atoms with Crippen LogP contribution < -0.4 is 4.74 Å². The predicted molar refractivity (Wildman–Crippen MR) is 110 cm³/mol. The predicted octanol–water partition coefficient (Wildman–Crippen LogP) is 3.16. The third kappa shape index (κ3) is 5.71. The summed E-state index contributed by atoms with van der Waals surface area (Å²) in [4.78, 5) is 30.1. The van der Waals surface area contributed by atoms with E-state index >= 15 is 0 Å². The van der Waals surface area contributed by atoms with Gasteiger partial charge in [0.1, 0.15) is 5.75 Å². The number of ether oxygens (including phenoxy) is 1. The van der Waals surface area contributed by atoms with Crippen molar-refractivity contribution < 1.29 is 14.3 Å². The van der Waals surface area contributed by atoms with Gasteiger partial charge >= 0.3 is 6.09 Å². The molecule has 154 valence electrons. The van der Waals surface area contributed by atoms with Crippen LogP contribution >= 0.6 is 0 Å². The maximum Gasteiger partial charge on any atom is 0.414 e. The maximum absolute atomic E-state index is 12.6. The van der Waals surface area contributed by atoms with Gasteiger partial charge in [0.05, 0.1) is 0 Å². The molecular formula is C22H33N3O3. The standard InChI is InChI=1S/C22H33N3O3/c1-23(2)22(27)28-20-11-8-18(9-12-20)10-13-21(26)25-16-14-24(15-17-25)19-6-4-3-5-7-19/h8-9,11-12,19H,3-7,10,13-17H2,1-2H3. The maximum atomic E-state index is 12.6. The van der Waals surface area contributed by atoms with Crippen molar-refractivity contribution in [3.63, 3.8) is 0 Å². The number of carbonyl (C=O) groups excluding carboxylic acids is 2. The molecule has 0 atom stereocenters. The van der Waals surface area contributed by atoms with Gasteiger partial charge in [0.2, 0.25) is 5.91 Å². The van der Waals surface area contributed by atoms with Crippen molar-refractivity contribution in [2.24, 2.45) is 0 Å². The minimum absolute atomic E-state index is 0.242. The van der Waals surface area contributed by atoms with E-state index in [-0.39, 0.29) is 5.91 Å². The topological polar surface area (TPSA) is 53.1 Å². The van der Waals surface area contributed by atoms with Gasteiger partial charge in [0, 0.05) is 52.7 Å². The van der Waals surface area contributed by atoms with E-state index < -0.39 is 6.09 Å². The van der Waals surface area contributed by atoms with Crippen molar-refractivity contribution >= 4 is 12.0 Å². The Kier molecular flexibility index (Phi) is 7.31. The summed E-state index contributed by atoms with van der Waals surface area (Å²) in [5, 5.41) is 0. The number of rotatable bonds is 5. The number of hydrogen-bond donors (Lipinski definition) is 0. The number of aryl methyl sites for hydroxylation is 1. The Hall–Kier alpha value is -2.08. The normalized spacial score (nSPS) is 18.7. The molecule has 6 heteroatoms. The highest BCUT2D eigenvalue weighted by molar-refractivity contribution is 5.76. The third-order valence-electron chi connectivity index (χ3n) is 5.88. The Labute approximate surface area is 168 Å². The fourth-order valence-corrected chi connectivity index (χ4v) is 4.11. The second-order valence-electron chi connectivity index (χ2n) is 8.11. The molecule has 2 amide bonds. The summed E-state index contributed by atoms with van der Waals surface area (Å²) < 4.78 is 5.22. The van der Waals surface area contributed by atoms with Gasteiger partial charge in [0.25, 0.3) is 0 Å². The molecule has 1 heterocycles. The van der Waals surface area contributed by atoms with E-state index in [0.29, 0.717) is 18.6 Å². The highest BCUT2D eigenvalue weighted by Gasteiger charge is 2.26. The van der Waals surface area contributed by atoms with Gasteiger partial charge in [-0.1, -0.05) is 31.4 Å². The quantitative estimate of drug-likeness (QED) is 0.779. The van der Waals surface area contributed by atoms with Crippen molar-refractivity contribution in [1.82, 2.24) is 14.7 Å². The first-order chi connectivity index (χ1) is 13.5. The van der Waals surface area contributed by atoms with E-state index in [1.165, 1.54) is 37.0 Å². The van der Waals surface area contributed by atoms with Crippen LogP contribution in [0.1, 0.15) is 44.1 Å². The van der Waals surface area contributed by atoms with Crippen molar-refractivity contribution in [3.8, 4) is 5.75 Å². The van der Waals surface area contributed by atoms with E-state index in [2.05, 4.69) is 4.90 Å². The van der Waals surface area contributed by atoms with Crippen LogP contribution in [0.25, 0.3) is 0 Å². The Morgan fingerprint density at radius 2 is 1.64 bits per heavy atom. The molecule has 1 aliphatic carbocycles. The Morgan fingerprint density at radius 3 is 2.25 bits per heavy atom. The monoisotopic (exact) mass is 387 g/mol. The van der Waals surface area contributed by atoms with Crippen molar-refractivity contribution in [3.05, 3.63) is 29.8 Å². The molecule has 0 radical (unpaired) electrons. The highest BCUT2D eigenvalue weighted by atomic mass is 16.6. The first kappa shape index (κ1) is 20.6. The van der Waals surface area contributed by atoms with E-state index in [1.54, 1.807) is 26.2 Å². The zero-order valence-corrected chi connectivity index (χ0v) is 17.2. The molecule has 1 saturated heterocycles. The number of amides is 2. The van der Waals surface area contributed by atoms with Gasteiger partial charge in [-0.15, -0.1) is 0 Å². The van der Waals surface area contributed by atoms with Crippen LogP contribution in [0.4, 0.5) is 4.79 Å². The summed E-state index contributed by atoms with van der Waals surface area (Å²) in [6.07, 6.45) is 7.60. The average Bonchev–Trinajstić information content (AvgIpc) is 2.73. The number of piperazine rings is 1. The molecule has 1 aromatic carbocycles. The number of nitrogens with zero attached hydrogens (tertiary/aromatic N) is 3. The second-order valence-corrected chi connectivity index (χ2v) is 8.11. The van der Waals surface area contributed by atoms with Gasteiger partial charge in [0.15, 0.2) is 0 Å². The molecule has 1 saturated carbocycles. The third-order valence-corrected chi connectivity index (χ3v) is 5.88. The molecule has 6 nitrogen and oxygen atoms in total. The SMILES string of the molecule is CN(C)C(=O)Oc1ccc(CCC(=O)N2CCN(C3CCCCC3)CC2)cc1. The van der Waals surface area contributed by atoms with Gasteiger partial charge in [-0.05, 0) is 37.0 Å². The summed E-state index contributed by atoms with van der Waals surface area (Å²) in [5.74, 6) is 0.763. The van der Waals surface area contributed by atoms with Crippen LogP contribution in [0.2, 0.25) is 0 Å². The van der Waals surface area contributed by atoms with Crippen LogP contribution in [0.15, 0.2) is 24.3 Å². The lowest BCUT2D eigenvalue weighted by Gasteiger charge is -2.40. The van der Waals surface area contributed by atoms with Gasteiger partial charge in [-0.3, -0.25) is 9.69 Å². The fourth-order valence-electron chi connectivity index (χ4n) is 4.11. The molecule has 3 rings (SSSR count). The molecular weight excluding hydrogens is 354 g/mol. The zero-order valence-electron chi connectivity index (χ0n) is 17.2. The van der Waals surface area contributed by atoms with Crippen LogP contribution in [0.5, 0.6) is 5.75 Å². The molecule has 2 aliphatic rings. The number of carbonyl (C=O) groups is 2. The van der Waals surface area contributed by atoms with Gasteiger partial charge < -0.3 is 14.5 Å².